The van der Waals surface area contributed by atoms with Gasteiger partial charge < -0.3 is 40.5 Å². The quantitative estimate of drug-likeness (QED) is 0.0255. The van der Waals surface area contributed by atoms with Crippen molar-refractivity contribution < 1.29 is 45.3 Å². The monoisotopic (exact) mass is 1110 g/mol. The van der Waals surface area contributed by atoms with E-state index in [9.17, 15) is 9.59 Å². The summed E-state index contributed by atoms with van der Waals surface area (Å²) in [6, 6.07) is 0. The molecule has 4 atom stereocenters. The summed E-state index contributed by atoms with van der Waals surface area (Å²) in [5.41, 5.74) is 0. The molecule has 0 bridgehead atoms. The van der Waals surface area contributed by atoms with Crippen LogP contribution in [0.15, 0.2) is 50.6 Å². The summed E-state index contributed by atoms with van der Waals surface area (Å²) in [7, 11) is 0. The van der Waals surface area contributed by atoms with Crippen LogP contribution in [-0.2, 0) is 9.59 Å². The van der Waals surface area contributed by atoms with Crippen LogP contribution in [0.4, 0.5) is 0 Å². The van der Waals surface area contributed by atoms with Gasteiger partial charge >= 0.3 is 0 Å². The lowest BCUT2D eigenvalue weighted by Crippen LogP contribution is -2.00. The maximum absolute atomic E-state index is 10.9. The zero-order valence-corrected chi connectivity index (χ0v) is 56.0. The molecule has 0 fully saturated rings. The standard InChI is InChI=1S/C9H16O.C8H18.C8H16.C7H12O.C6H12O.3C5H12O.3C4H10O.C3H8/c1-3-5-7-9(10)8-6-4-2;2*1-3-5-7-8-6-4-2;1-3-4-5-6-7(2)8;1-3-5-6(7)4-2;3*1-3-5(6)4-2;3*1-3-4(2)5;1-3-2/h3H,1,4-8H2,2H3;3-8H2,1-2H3;3H,1,4-8H2,2H3;3H,1,4-6H2,2H3;3,6-7H,1,4-5H2,2H3;3*5-6H,3-4H2,1-2H3;3*4-5H,3H2,1-2H3;3H2,1-2H3. The summed E-state index contributed by atoms with van der Waals surface area (Å²) in [4.78, 5) is 21.2. The molecule has 7 N–H and O–H groups in total. The van der Waals surface area contributed by atoms with Crippen LogP contribution in [0.5, 0.6) is 0 Å². The van der Waals surface area contributed by atoms with Crippen LogP contribution in [-0.4, -0.2) is 90.0 Å². The Balaban J connectivity index is -0.0000000604. The van der Waals surface area contributed by atoms with Gasteiger partial charge in [0.25, 0.3) is 0 Å². The third-order valence-corrected chi connectivity index (χ3v) is 10.6. The van der Waals surface area contributed by atoms with Crippen molar-refractivity contribution >= 4 is 11.6 Å². The van der Waals surface area contributed by atoms with Crippen LogP contribution >= 0.6 is 0 Å². The molecule has 0 aromatic heterocycles. The first-order valence-corrected chi connectivity index (χ1v) is 31.6. The molecule has 0 aliphatic heterocycles. The molecule has 4 unspecified atom stereocenters. The molecule has 0 aromatic rings. The van der Waals surface area contributed by atoms with Gasteiger partial charge in [0.15, 0.2) is 0 Å². The summed E-state index contributed by atoms with van der Waals surface area (Å²) in [6.07, 6.45) is 39.5. The van der Waals surface area contributed by atoms with Gasteiger partial charge in [-0.2, -0.15) is 0 Å². The number of allylic oxidation sites excluding steroid dienone is 3. The predicted molar refractivity (Wildman–Crippen MR) is 349 cm³/mol. The third kappa shape index (κ3) is 198. The summed E-state index contributed by atoms with van der Waals surface area (Å²) in [5, 5.41) is 59.9. The molecule has 0 aliphatic rings. The van der Waals surface area contributed by atoms with Crippen molar-refractivity contribution in [1.82, 2.24) is 0 Å². The van der Waals surface area contributed by atoms with Crippen LogP contribution in [0.25, 0.3) is 0 Å². The van der Waals surface area contributed by atoms with Gasteiger partial charge in [-0.3, -0.25) is 4.79 Å². The van der Waals surface area contributed by atoms with Crippen LogP contribution in [0.3, 0.4) is 0 Å². The lowest BCUT2D eigenvalue weighted by Gasteiger charge is -1.99. The van der Waals surface area contributed by atoms with Gasteiger partial charge in [0.05, 0.1) is 42.7 Å². The predicted octanol–water partition coefficient (Wildman–Crippen LogP) is 19.7. The Kier molecular flexibility index (Phi) is 147. The Morgan fingerprint density at radius 3 is 0.779 bits per heavy atom. The van der Waals surface area contributed by atoms with E-state index in [2.05, 4.69) is 67.9 Å². The van der Waals surface area contributed by atoms with Gasteiger partial charge in [-0.25, -0.2) is 0 Å². The molecule has 0 heterocycles. The highest BCUT2D eigenvalue weighted by molar-refractivity contribution is 5.78. The smallest absolute Gasteiger partial charge is 0.133 e. The molecule has 77 heavy (non-hydrogen) atoms. The number of carbonyl (C=O) groups excluding carboxylic acids is 2. The fourth-order valence-corrected chi connectivity index (χ4v) is 4.05. The lowest BCUT2D eigenvalue weighted by atomic mass is 10.1. The molecule has 0 amide bonds. The largest absolute Gasteiger partial charge is 0.393 e. The van der Waals surface area contributed by atoms with E-state index >= 15 is 0 Å². The van der Waals surface area contributed by atoms with Gasteiger partial charge in [-0.15, -0.1) is 26.3 Å². The minimum Gasteiger partial charge on any atom is -0.393 e. The van der Waals surface area contributed by atoms with Gasteiger partial charge in [-0.1, -0.05) is 206 Å². The second-order valence-electron chi connectivity index (χ2n) is 19.4. The van der Waals surface area contributed by atoms with Crippen LogP contribution in [0.1, 0.15) is 338 Å². The second-order valence-corrected chi connectivity index (χ2v) is 19.4. The van der Waals surface area contributed by atoms with Crippen LogP contribution in [0.2, 0.25) is 0 Å². The molecular formula is C68H148O9. The van der Waals surface area contributed by atoms with E-state index < -0.39 is 0 Å². The molecule has 9 heteroatoms. The number of hydrogen-bond donors (Lipinski definition) is 7. The minimum atomic E-state index is -0.169. The first-order chi connectivity index (χ1) is 36.4. The first kappa shape index (κ1) is 103. The molecule has 0 saturated heterocycles. The molecule has 0 aliphatic carbocycles. The Bertz CT molecular complexity index is 907. The summed E-state index contributed by atoms with van der Waals surface area (Å²) in [6.45, 7) is 54.0. The molecule has 474 valence electrons. The van der Waals surface area contributed by atoms with E-state index in [1.54, 1.807) is 39.8 Å². The van der Waals surface area contributed by atoms with Crippen LogP contribution < -0.4 is 0 Å². The van der Waals surface area contributed by atoms with E-state index in [1.165, 1.54) is 77.0 Å². The Hall–Kier alpha value is -1.98. The maximum atomic E-state index is 10.9. The van der Waals surface area contributed by atoms with Crippen molar-refractivity contribution in [1.29, 1.82) is 0 Å². The average molecular weight is 1110 g/mol. The molecule has 0 spiro atoms. The fraction of sp³-hybridized carbons (Fsp3) is 0.853. The molecule has 9 nitrogen and oxygen atoms in total. The van der Waals surface area contributed by atoms with Gasteiger partial charge in [-0.05, 0) is 137 Å². The van der Waals surface area contributed by atoms with E-state index in [1.807, 2.05) is 81.4 Å². The van der Waals surface area contributed by atoms with Crippen molar-refractivity contribution in [2.75, 3.05) is 0 Å². The topological polar surface area (TPSA) is 176 Å². The second kappa shape index (κ2) is 110. The van der Waals surface area contributed by atoms with Gasteiger partial charge in [0, 0.05) is 19.3 Å². The zero-order chi connectivity index (χ0) is 62.9. The van der Waals surface area contributed by atoms with E-state index in [-0.39, 0.29) is 48.5 Å². The van der Waals surface area contributed by atoms with E-state index in [0.717, 1.165) is 109 Å². The maximum Gasteiger partial charge on any atom is 0.133 e. The first-order valence-electron chi connectivity index (χ1n) is 31.6. The third-order valence-electron chi connectivity index (χ3n) is 10.6. The number of aliphatic hydroxyl groups is 7. The average Bonchev–Trinajstić information content (AvgIpc) is 3.43. The SMILES string of the molecule is C=CCC(O)CC.C=CCCC(=O)CCCC.C=CCCCC(C)=O.C=CCCCCCC.CCC.CCC(C)O.CCC(C)O.CCC(C)O.CCC(O)CC.CCC(O)CC.CCC(O)CC.CCCCCCCC. The highest BCUT2D eigenvalue weighted by atomic mass is 16.3. The number of hydrogen-bond acceptors (Lipinski definition) is 9. The van der Waals surface area contributed by atoms with Crippen molar-refractivity contribution in [2.24, 2.45) is 0 Å². The number of aliphatic hydroxyl groups excluding tert-OH is 7. The van der Waals surface area contributed by atoms with Crippen LogP contribution in [0, 0.1) is 0 Å². The highest BCUT2D eigenvalue weighted by Crippen LogP contribution is 2.04. The number of rotatable bonds is 32. The normalized spacial score (nSPS) is 10.8. The zero-order valence-electron chi connectivity index (χ0n) is 56.0. The molecular weight excluding hydrogens is 961 g/mol. The number of unbranched alkanes of at least 4 members (excludes halogenated alkanes) is 11. The summed E-state index contributed by atoms with van der Waals surface area (Å²) in [5.74, 6) is 0.647. The lowest BCUT2D eigenvalue weighted by molar-refractivity contribution is -0.119. The highest BCUT2D eigenvalue weighted by Gasteiger charge is 1.98. The van der Waals surface area contributed by atoms with Crippen molar-refractivity contribution in [2.45, 2.75) is 380 Å². The Morgan fingerprint density at radius 1 is 0.338 bits per heavy atom. The molecule has 0 rings (SSSR count). The molecule has 0 saturated carbocycles. The minimum absolute atomic E-state index is 0.0648. The molecule has 0 radical (unpaired) electrons. The van der Waals surface area contributed by atoms with Crippen molar-refractivity contribution in [3.05, 3.63) is 50.6 Å². The molecule has 0 aromatic carbocycles. The van der Waals surface area contributed by atoms with Gasteiger partial charge in [0.2, 0.25) is 0 Å². The number of carbonyl (C=O) groups is 2. The summed E-state index contributed by atoms with van der Waals surface area (Å²) < 4.78 is 0. The van der Waals surface area contributed by atoms with Crippen molar-refractivity contribution in [3.63, 3.8) is 0 Å². The fourth-order valence-electron chi connectivity index (χ4n) is 4.05. The Labute approximate surface area is 485 Å². The Morgan fingerprint density at radius 2 is 0.597 bits per heavy atom. The van der Waals surface area contributed by atoms with E-state index in [0.29, 0.717) is 18.6 Å². The van der Waals surface area contributed by atoms with Crippen molar-refractivity contribution in [3.8, 4) is 0 Å². The number of Topliss-reactive ketones (excluding diaryl/α,β-unsaturated/α-hetero) is 2. The van der Waals surface area contributed by atoms with Gasteiger partial charge in [0.1, 0.15) is 11.6 Å². The van der Waals surface area contributed by atoms with E-state index in [4.69, 9.17) is 35.7 Å². The number of ketones is 2. The summed E-state index contributed by atoms with van der Waals surface area (Å²) >= 11 is 0.